The van der Waals surface area contributed by atoms with Gasteiger partial charge in [0, 0.05) is 27.8 Å². The van der Waals surface area contributed by atoms with E-state index in [1.54, 1.807) is 13.0 Å². The minimum Gasteiger partial charge on any atom is -0.508 e. The zero-order valence-corrected chi connectivity index (χ0v) is 17.2. The van der Waals surface area contributed by atoms with Crippen LogP contribution in [-0.2, 0) is 13.6 Å². The summed E-state index contributed by atoms with van der Waals surface area (Å²) in [5.41, 5.74) is 0.428. The van der Waals surface area contributed by atoms with Crippen LogP contribution in [-0.4, -0.2) is 30.1 Å². The minimum absolute atomic E-state index is 0.0578. The van der Waals surface area contributed by atoms with Gasteiger partial charge in [-0.15, -0.1) is 32.2 Å². The Bertz CT molecular complexity index is 768. The standard InChI is InChI=1S/C10H7ClO3.C6H12Cl2O3P/c1-5-7-3-2-6(12)4-8(7)14-10(13)9(5)11;7-3-1-5-10-12(9)11-6-2-4-8/h2-4,12H,1H3;1-6H2/q;+1. The number of phenolic OH excluding ortho intramolecular Hbond substituents is 1. The fourth-order valence-electron chi connectivity index (χ4n) is 1.75. The van der Waals surface area contributed by atoms with Gasteiger partial charge in [0.15, 0.2) is 0 Å². The van der Waals surface area contributed by atoms with Gasteiger partial charge in [-0.25, -0.2) is 4.79 Å². The third-order valence-corrected chi connectivity index (χ3v) is 4.79. The molecule has 0 aliphatic heterocycles. The van der Waals surface area contributed by atoms with Gasteiger partial charge in [0.1, 0.15) is 29.6 Å². The molecule has 0 amide bonds. The van der Waals surface area contributed by atoms with Crippen LogP contribution in [0.25, 0.3) is 11.0 Å². The largest absolute Gasteiger partial charge is 0.697 e. The van der Waals surface area contributed by atoms with Crippen molar-refractivity contribution in [3.8, 4) is 5.75 Å². The SMILES string of the molecule is Cc1c(Cl)c(=O)oc2cc(O)ccc12.O=[P+](OCCCCl)OCCCCl. The van der Waals surface area contributed by atoms with Gasteiger partial charge < -0.3 is 9.52 Å². The molecule has 0 atom stereocenters. The summed E-state index contributed by atoms with van der Waals surface area (Å²) in [6, 6.07) is 4.57. The summed E-state index contributed by atoms with van der Waals surface area (Å²) in [5.74, 6) is 1.07. The zero-order valence-electron chi connectivity index (χ0n) is 14.0. The van der Waals surface area contributed by atoms with E-state index < -0.39 is 13.9 Å². The van der Waals surface area contributed by atoms with Gasteiger partial charge in [0.2, 0.25) is 0 Å². The van der Waals surface area contributed by atoms with E-state index in [0.717, 1.165) is 5.39 Å². The summed E-state index contributed by atoms with van der Waals surface area (Å²) in [7, 11) is -1.97. The molecule has 1 aromatic heterocycles. The van der Waals surface area contributed by atoms with Gasteiger partial charge in [-0.1, -0.05) is 11.6 Å². The lowest BCUT2D eigenvalue weighted by Gasteiger charge is -2.02. The highest BCUT2D eigenvalue weighted by atomic mass is 35.5. The smallest absolute Gasteiger partial charge is 0.508 e. The predicted octanol–water partition coefficient (Wildman–Crippen LogP) is 5.40. The highest BCUT2D eigenvalue weighted by molar-refractivity contribution is 7.33. The van der Waals surface area contributed by atoms with Gasteiger partial charge in [0.05, 0.1) is 0 Å². The van der Waals surface area contributed by atoms with Gasteiger partial charge in [-0.3, -0.25) is 0 Å². The van der Waals surface area contributed by atoms with E-state index in [1.165, 1.54) is 12.1 Å². The Balaban J connectivity index is 0.000000265. The molecule has 1 aromatic carbocycles. The van der Waals surface area contributed by atoms with Crippen molar-refractivity contribution in [2.45, 2.75) is 19.8 Å². The quantitative estimate of drug-likeness (QED) is 0.254. The molecule has 0 unspecified atom stereocenters. The van der Waals surface area contributed by atoms with Gasteiger partial charge in [0.25, 0.3) is 0 Å². The molecule has 0 radical (unpaired) electrons. The lowest BCUT2D eigenvalue weighted by molar-refractivity contribution is 0.227. The Morgan fingerprint density at radius 2 is 1.73 bits per heavy atom. The maximum atomic E-state index is 11.2. The van der Waals surface area contributed by atoms with Crippen molar-refractivity contribution in [2.75, 3.05) is 25.0 Å². The van der Waals surface area contributed by atoms with E-state index in [1.807, 2.05) is 0 Å². The van der Waals surface area contributed by atoms with E-state index >= 15 is 0 Å². The van der Waals surface area contributed by atoms with Crippen LogP contribution in [0.4, 0.5) is 0 Å². The van der Waals surface area contributed by atoms with Gasteiger partial charge in [-0.05, 0) is 37.5 Å². The van der Waals surface area contributed by atoms with Crippen LogP contribution >= 0.6 is 43.1 Å². The lowest BCUT2D eigenvalue weighted by atomic mass is 10.1. The van der Waals surface area contributed by atoms with Crippen molar-refractivity contribution in [2.24, 2.45) is 0 Å². The van der Waals surface area contributed by atoms with Crippen molar-refractivity contribution in [1.82, 2.24) is 0 Å². The number of hydrogen-bond acceptors (Lipinski definition) is 6. The van der Waals surface area contributed by atoms with Crippen LogP contribution in [0.3, 0.4) is 0 Å². The number of halogens is 3. The summed E-state index contributed by atoms with van der Waals surface area (Å²) in [6.07, 6.45) is 1.36. The number of alkyl halides is 2. The van der Waals surface area contributed by atoms with E-state index in [0.29, 0.717) is 49.0 Å². The number of fused-ring (bicyclic) bond motifs is 1. The van der Waals surface area contributed by atoms with E-state index in [4.69, 9.17) is 48.3 Å². The zero-order chi connectivity index (χ0) is 19.5. The van der Waals surface area contributed by atoms with Crippen LogP contribution in [0, 0.1) is 6.92 Å². The maximum Gasteiger partial charge on any atom is 0.697 e. The molecule has 26 heavy (non-hydrogen) atoms. The maximum absolute atomic E-state index is 11.2. The highest BCUT2D eigenvalue weighted by Gasteiger charge is 2.18. The molecule has 0 spiro atoms. The Morgan fingerprint density at radius 1 is 1.15 bits per heavy atom. The first-order valence-electron chi connectivity index (χ1n) is 7.67. The minimum atomic E-state index is -1.97. The molecule has 10 heteroatoms. The summed E-state index contributed by atoms with van der Waals surface area (Å²) >= 11 is 16.5. The lowest BCUT2D eigenvalue weighted by Crippen LogP contribution is -2.01. The normalized spacial score (nSPS) is 10.5. The average Bonchev–Trinajstić information content (AvgIpc) is 2.61. The second-order valence-corrected chi connectivity index (χ2v) is 7.08. The molecule has 6 nitrogen and oxygen atoms in total. The molecule has 2 aromatic rings. The molecule has 144 valence electrons. The third-order valence-electron chi connectivity index (χ3n) is 3.03. The van der Waals surface area contributed by atoms with Crippen LogP contribution in [0.1, 0.15) is 18.4 Å². The summed E-state index contributed by atoms with van der Waals surface area (Å²) in [4.78, 5) is 11.2. The molecule has 1 heterocycles. The summed E-state index contributed by atoms with van der Waals surface area (Å²) in [5, 5.41) is 10.0. The molecule has 0 aliphatic carbocycles. The molecular formula is C16H19Cl3O6P+. The molecule has 0 saturated carbocycles. The Hall–Kier alpha value is -0.880. The molecular weight excluding hydrogens is 426 g/mol. The first-order chi connectivity index (χ1) is 12.4. The van der Waals surface area contributed by atoms with Gasteiger partial charge >= 0.3 is 13.9 Å². The van der Waals surface area contributed by atoms with Crippen molar-refractivity contribution in [3.05, 3.63) is 39.2 Å². The number of hydrogen-bond donors (Lipinski definition) is 1. The van der Waals surface area contributed by atoms with Crippen molar-refractivity contribution >= 4 is 54.0 Å². The molecule has 0 bridgehead atoms. The van der Waals surface area contributed by atoms with Crippen molar-refractivity contribution in [1.29, 1.82) is 0 Å². The fraction of sp³-hybridized carbons (Fsp3) is 0.438. The third kappa shape index (κ3) is 7.78. The number of rotatable bonds is 8. The summed E-state index contributed by atoms with van der Waals surface area (Å²) in [6.45, 7) is 2.48. The number of phenols is 1. The first kappa shape index (κ1) is 23.2. The van der Waals surface area contributed by atoms with Crippen LogP contribution in [0.15, 0.2) is 27.4 Å². The first-order valence-corrected chi connectivity index (χ1v) is 10.2. The van der Waals surface area contributed by atoms with Crippen molar-refractivity contribution in [3.63, 3.8) is 0 Å². The number of aryl methyl sites for hydroxylation is 1. The fourth-order valence-corrected chi connectivity index (χ4v) is 2.74. The van der Waals surface area contributed by atoms with E-state index in [9.17, 15) is 14.5 Å². The number of aromatic hydroxyl groups is 1. The Labute approximate surface area is 166 Å². The predicted molar refractivity (Wildman–Crippen MR) is 104 cm³/mol. The van der Waals surface area contributed by atoms with E-state index in [2.05, 4.69) is 0 Å². The van der Waals surface area contributed by atoms with Crippen LogP contribution in [0.5, 0.6) is 5.75 Å². The van der Waals surface area contributed by atoms with Crippen LogP contribution < -0.4 is 5.63 Å². The number of benzene rings is 1. The molecule has 1 N–H and O–H groups in total. The molecule has 0 fully saturated rings. The van der Waals surface area contributed by atoms with Crippen LogP contribution in [0.2, 0.25) is 5.02 Å². The van der Waals surface area contributed by atoms with Gasteiger partial charge in [-0.2, -0.15) is 0 Å². The van der Waals surface area contributed by atoms with Crippen molar-refractivity contribution < 1.29 is 23.1 Å². The topological polar surface area (TPSA) is 86.0 Å². The molecule has 0 saturated heterocycles. The second kappa shape index (κ2) is 12.5. The van der Waals surface area contributed by atoms with E-state index in [-0.39, 0.29) is 10.8 Å². The monoisotopic (exact) mass is 443 g/mol. The Kier molecular flexibility index (Phi) is 11.1. The Morgan fingerprint density at radius 3 is 2.27 bits per heavy atom. The molecule has 0 aliphatic rings. The second-order valence-electron chi connectivity index (χ2n) is 4.98. The highest BCUT2D eigenvalue weighted by Crippen LogP contribution is 2.25. The average molecular weight is 445 g/mol. The molecule has 2 rings (SSSR count). The summed E-state index contributed by atoms with van der Waals surface area (Å²) < 4.78 is 25.3.